The molecule has 1 rings (SSSR count). The van der Waals surface area contributed by atoms with Crippen molar-refractivity contribution in [2.24, 2.45) is 0 Å². The zero-order valence-corrected chi connectivity index (χ0v) is 7.06. The molecule has 43 valence electrons. The van der Waals surface area contributed by atoms with Crippen LogP contribution in [0.2, 0.25) is 0 Å². The Morgan fingerprint density at radius 2 is 1.50 bits per heavy atom. The average molecular weight is 276 g/mol. The van der Waals surface area contributed by atoms with Crippen molar-refractivity contribution in [2.75, 3.05) is 0 Å². The molecule has 0 aliphatic rings. The third kappa shape index (κ3) is 5.57. The van der Waals surface area contributed by atoms with Crippen LogP contribution in [-0.2, 0) is 20.4 Å². The summed E-state index contributed by atoms with van der Waals surface area (Å²) >= 11 is 0. The zero-order chi connectivity index (χ0) is 5.54. The summed E-state index contributed by atoms with van der Waals surface area (Å²) in [6.45, 7) is 0. The third-order valence-electron chi connectivity index (χ3n) is 0.556. The quantitative estimate of drug-likeness (QED) is 0.499. The average Bonchev–Trinajstić information content (AvgIpc) is 2.23. The van der Waals surface area contributed by atoms with Crippen LogP contribution in [0, 0.1) is 12.8 Å². The largest absolute Gasteiger partial charge is 0.697 e. The van der Waals surface area contributed by atoms with E-state index >= 15 is 0 Å². The molecule has 8 heavy (non-hydrogen) atoms. The Labute approximate surface area is 63.9 Å². The molecule has 0 amide bonds. The van der Waals surface area contributed by atoms with E-state index in [0.29, 0.717) is 0 Å². The molecular weight excluding hydrogens is 270 g/mol. The van der Waals surface area contributed by atoms with Gasteiger partial charge in [0.05, 0.1) is 0 Å². The summed E-state index contributed by atoms with van der Waals surface area (Å²) < 4.78 is 0. The number of hydrogen-bond acceptors (Lipinski definition) is 0. The Morgan fingerprint density at radius 3 is 1.62 bits per heavy atom. The summed E-state index contributed by atoms with van der Waals surface area (Å²) in [6, 6.07) is 10.0. The van der Waals surface area contributed by atoms with Gasteiger partial charge in [-0.2, -0.15) is 18.2 Å². The van der Waals surface area contributed by atoms with Crippen LogP contribution >= 0.6 is 0 Å². The van der Waals surface area contributed by atoms with Crippen molar-refractivity contribution in [3.05, 3.63) is 36.8 Å². The van der Waals surface area contributed by atoms with E-state index in [1.54, 1.807) is 0 Å². The Kier molecular flexibility index (Phi) is 12.9. The molecule has 0 spiro atoms. The molecule has 0 bridgehead atoms. The molecular formula is C7H6Re-2. The van der Waals surface area contributed by atoms with Crippen molar-refractivity contribution in [1.29, 1.82) is 0 Å². The maximum absolute atomic E-state index is 5.25. The smallest absolute Gasteiger partial charge is 0 e. The first-order chi connectivity index (χ1) is 3.50. The standard InChI is InChI=1S/C5H5.C2H.Re/c1-2-4-5-3-1;1-2;/h1-5H;1H;/q2*-1;. The Bertz CT molecular complexity index is 88.0. The van der Waals surface area contributed by atoms with Crippen molar-refractivity contribution >= 4 is 0 Å². The van der Waals surface area contributed by atoms with E-state index in [1.807, 2.05) is 30.3 Å². The van der Waals surface area contributed by atoms with E-state index in [1.165, 1.54) is 0 Å². The van der Waals surface area contributed by atoms with Crippen molar-refractivity contribution < 1.29 is 20.4 Å². The van der Waals surface area contributed by atoms with Crippen LogP contribution in [0.15, 0.2) is 30.3 Å². The van der Waals surface area contributed by atoms with Crippen molar-refractivity contribution in [3.8, 4) is 6.42 Å². The molecule has 0 nitrogen and oxygen atoms in total. The molecule has 0 heterocycles. The first-order valence-corrected chi connectivity index (χ1v) is 1.96. The number of hydrogen-bond donors (Lipinski definition) is 0. The van der Waals surface area contributed by atoms with Crippen molar-refractivity contribution in [1.82, 2.24) is 0 Å². The second kappa shape index (κ2) is 9.76. The summed E-state index contributed by atoms with van der Waals surface area (Å²) in [5.74, 6) is 0. The fourth-order valence-corrected chi connectivity index (χ4v) is 0.321. The minimum atomic E-state index is 0. The number of terminal acetylenes is 1. The maximum atomic E-state index is 5.25. The SMILES string of the molecule is [C-]#C.[Re].c1cc[cH-]c1. The summed E-state index contributed by atoms with van der Waals surface area (Å²) in [6.07, 6.45) is 9.00. The van der Waals surface area contributed by atoms with E-state index in [0.717, 1.165) is 0 Å². The molecule has 0 unspecified atom stereocenters. The van der Waals surface area contributed by atoms with Gasteiger partial charge in [0.25, 0.3) is 0 Å². The van der Waals surface area contributed by atoms with E-state index in [2.05, 4.69) is 6.42 Å². The van der Waals surface area contributed by atoms with Gasteiger partial charge in [-0.25, -0.2) is 12.1 Å². The van der Waals surface area contributed by atoms with Gasteiger partial charge < -0.3 is 12.8 Å². The van der Waals surface area contributed by atoms with Crippen LogP contribution in [0.3, 0.4) is 0 Å². The zero-order valence-electron chi connectivity index (χ0n) is 4.34. The first kappa shape index (κ1) is 10.5. The molecule has 0 aromatic heterocycles. The Balaban J connectivity index is 0. The van der Waals surface area contributed by atoms with Gasteiger partial charge in [-0.3, -0.25) is 0 Å². The molecule has 0 saturated carbocycles. The van der Waals surface area contributed by atoms with Crippen LogP contribution in [0.5, 0.6) is 0 Å². The Morgan fingerprint density at radius 1 is 1.12 bits per heavy atom. The van der Waals surface area contributed by atoms with Gasteiger partial charge in [0.15, 0.2) is 0 Å². The molecule has 1 radical (unpaired) electrons. The van der Waals surface area contributed by atoms with Crippen LogP contribution in [0.25, 0.3) is 0 Å². The minimum absolute atomic E-state index is 0. The molecule has 1 aromatic rings. The fraction of sp³-hybridized carbons (Fsp3) is 0. The molecule has 0 N–H and O–H groups in total. The molecule has 0 aliphatic carbocycles. The molecule has 1 heteroatoms. The molecule has 1 aromatic carbocycles. The van der Waals surface area contributed by atoms with Crippen LogP contribution < -0.4 is 0 Å². The van der Waals surface area contributed by atoms with Crippen LogP contribution in [-0.4, -0.2) is 0 Å². The normalized spacial score (nSPS) is 5.25. The summed E-state index contributed by atoms with van der Waals surface area (Å²) in [5.41, 5.74) is 0. The van der Waals surface area contributed by atoms with Gasteiger partial charge in [0, 0.05) is 20.4 Å². The molecule has 0 saturated heterocycles. The monoisotopic (exact) mass is 277 g/mol. The Hall–Kier alpha value is -0.428. The van der Waals surface area contributed by atoms with E-state index in [9.17, 15) is 0 Å². The van der Waals surface area contributed by atoms with E-state index in [4.69, 9.17) is 6.42 Å². The summed E-state index contributed by atoms with van der Waals surface area (Å²) in [7, 11) is 0. The van der Waals surface area contributed by atoms with Gasteiger partial charge in [-0.1, -0.05) is 0 Å². The number of rotatable bonds is 0. The van der Waals surface area contributed by atoms with Gasteiger partial charge in [0.2, 0.25) is 0 Å². The maximum Gasteiger partial charge on any atom is 0 e. The van der Waals surface area contributed by atoms with Crippen LogP contribution in [0.1, 0.15) is 0 Å². The van der Waals surface area contributed by atoms with E-state index < -0.39 is 0 Å². The van der Waals surface area contributed by atoms with E-state index in [-0.39, 0.29) is 20.4 Å². The second-order valence-electron chi connectivity index (χ2n) is 0.962. The molecule has 0 aliphatic heterocycles. The summed E-state index contributed by atoms with van der Waals surface area (Å²) in [4.78, 5) is 0. The third-order valence-corrected chi connectivity index (χ3v) is 0.556. The van der Waals surface area contributed by atoms with Crippen molar-refractivity contribution in [3.63, 3.8) is 0 Å². The van der Waals surface area contributed by atoms with Gasteiger partial charge in [0.1, 0.15) is 0 Å². The van der Waals surface area contributed by atoms with Gasteiger partial charge >= 0.3 is 0 Å². The molecule has 0 atom stereocenters. The van der Waals surface area contributed by atoms with Crippen LogP contribution in [0.4, 0.5) is 0 Å². The predicted octanol–water partition coefficient (Wildman–Crippen LogP) is 1.61. The minimum Gasteiger partial charge on any atom is -0.697 e. The summed E-state index contributed by atoms with van der Waals surface area (Å²) in [5, 5.41) is 0. The fourth-order valence-electron chi connectivity index (χ4n) is 0.321. The topological polar surface area (TPSA) is 0 Å². The second-order valence-corrected chi connectivity index (χ2v) is 0.962. The first-order valence-electron chi connectivity index (χ1n) is 1.96. The molecule has 0 fully saturated rings. The van der Waals surface area contributed by atoms with Crippen molar-refractivity contribution in [2.45, 2.75) is 0 Å². The predicted molar refractivity (Wildman–Crippen MR) is 30.2 cm³/mol. The van der Waals surface area contributed by atoms with Gasteiger partial charge in [-0.15, -0.1) is 0 Å². The van der Waals surface area contributed by atoms with Gasteiger partial charge in [-0.05, 0) is 0 Å².